The van der Waals surface area contributed by atoms with Crippen LogP contribution in [0.15, 0.2) is 34.7 Å². The van der Waals surface area contributed by atoms with E-state index >= 15 is 0 Å². The minimum atomic E-state index is -0.867. The van der Waals surface area contributed by atoms with E-state index in [2.05, 4.69) is 5.32 Å². The average Bonchev–Trinajstić information content (AvgIpc) is 3.08. The van der Waals surface area contributed by atoms with Gasteiger partial charge in [-0.3, -0.25) is 0 Å². The number of hydrogen-bond donors (Lipinski definition) is 1. The molecule has 0 aliphatic heterocycles. The van der Waals surface area contributed by atoms with Crippen molar-refractivity contribution in [2.24, 2.45) is 0 Å². The molecule has 2 aromatic rings. The van der Waals surface area contributed by atoms with Crippen LogP contribution < -0.4 is 5.32 Å². The lowest BCUT2D eigenvalue weighted by molar-refractivity contribution is 0.480. The van der Waals surface area contributed by atoms with Gasteiger partial charge in [0.15, 0.2) is 11.6 Å². The third kappa shape index (κ3) is 2.29. The average molecular weight is 249 g/mol. The van der Waals surface area contributed by atoms with E-state index in [0.717, 1.165) is 11.8 Å². The molecule has 18 heavy (non-hydrogen) atoms. The second kappa shape index (κ2) is 4.53. The van der Waals surface area contributed by atoms with Gasteiger partial charge in [0.1, 0.15) is 11.5 Å². The lowest BCUT2D eigenvalue weighted by atomic mass is 10.1. The van der Waals surface area contributed by atoms with Crippen molar-refractivity contribution >= 4 is 0 Å². The summed E-state index contributed by atoms with van der Waals surface area (Å²) >= 11 is 0. The van der Waals surface area contributed by atoms with Crippen LogP contribution in [0.25, 0.3) is 11.3 Å². The Morgan fingerprint density at radius 2 is 2.00 bits per heavy atom. The highest BCUT2D eigenvalue weighted by Crippen LogP contribution is 2.27. The summed E-state index contributed by atoms with van der Waals surface area (Å²) in [7, 11) is 0. The molecule has 1 fully saturated rings. The van der Waals surface area contributed by atoms with Crippen molar-refractivity contribution in [3.63, 3.8) is 0 Å². The van der Waals surface area contributed by atoms with Gasteiger partial charge in [-0.2, -0.15) is 0 Å². The summed E-state index contributed by atoms with van der Waals surface area (Å²) in [6.45, 7) is 0.627. The van der Waals surface area contributed by atoms with E-state index in [1.807, 2.05) is 0 Å². The SMILES string of the molecule is Fc1cccc(-c2ccc(CNC3CC3)o2)c1F. The van der Waals surface area contributed by atoms with E-state index in [1.54, 1.807) is 12.1 Å². The van der Waals surface area contributed by atoms with Gasteiger partial charge in [-0.05, 0) is 37.1 Å². The molecular formula is C14H13F2NO. The second-order valence-electron chi connectivity index (χ2n) is 4.52. The number of hydrogen-bond acceptors (Lipinski definition) is 2. The quantitative estimate of drug-likeness (QED) is 0.897. The van der Waals surface area contributed by atoms with Gasteiger partial charge in [0, 0.05) is 6.04 Å². The first-order valence-electron chi connectivity index (χ1n) is 6.00. The molecule has 2 nitrogen and oxygen atoms in total. The molecule has 1 aromatic heterocycles. The lowest BCUT2D eigenvalue weighted by Gasteiger charge is -2.01. The zero-order valence-corrected chi connectivity index (χ0v) is 9.75. The van der Waals surface area contributed by atoms with Crippen molar-refractivity contribution in [1.82, 2.24) is 5.32 Å². The zero-order chi connectivity index (χ0) is 12.5. The highest BCUT2D eigenvalue weighted by atomic mass is 19.2. The van der Waals surface area contributed by atoms with Crippen LogP contribution in [0.4, 0.5) is 8.78 Å². The van der Waals surface area contributed by atoms with Crippen molar-refractivity contribution < 1.29 is 13.2 Å². The Bertz CT molecular complexity index is 561. The largest absolute Gasteiger partial charge is 0.460 e. The van der Waals surface area contributed by atoms with Crippen LogP contribution in [0.5, 0.6) is 0 Å². The van der Waals surface area contributed by atoms with Gasteiger partial charge in [0.2, 0.25) is 0 Å². The summed E-state index contributed by atoms with van der Waals surface area (Å²) in [5.74, 6) is -0.629. The van der Waals surface area contributed by atoms with Gasteiger partial charge in [-0.25, -0.2) is 8.78 Å². The highest BCUT2D eigenvalue weighted by Gasteiger charge is 2.20. The topological polar surface area (TPSA) is 25.2 Å². The van der Waals surface area contributed by atoms with Gasteiger partial charge in [0.25, 0.3) is 0 Å². The molecule has 1 aromatic carbocycles. The molecule has 3 rings (SSSR count). The number of rotatable bonds is 4. The number of nitrogens with one attached hydrogen (secondary N) is 1. The summed E-state index contributed by atoms with van der Waals surface area (Å²) in [6, 6.07) is 8.12. The van der Waals surface area contributed by atoms with E-state index in [4.69, 9.17) is 4.42 Å². The molecule has 0 spiro atoms. The van der Waals surface area contributed by atoms with Crippen LogP contribution in [0.1, 0.15) is 18.6 Å². The summed E-state index contributed by atoms with van der Waals surface area (Å²) in [5, 5.41) is 3.30. The van der Waals surface area contributed by atoms with Crippen LogP contribution in [0, 0.1) is 11.6 Å². The monoisotopic (exact) mass is 249 g/mol. The Kier molecular flexibility index (Phi) is 2.88. The molecule has 1 aliphatic carbocycles. The molecule has 1 saturated carbocycles. The van der Waals surface area contributed by atoms with Crippen LogP contribution >= 0.6 is 0 Å². The molecule has 1 aliphatic rings. The standard InChI is InChI=1S/C14H13F2NO/c15-12-3-1-2-11(14(12)16)13-7-6-10(18-13)8-17-9-4-5-9/h1-3,6-7,9,17H,4-5,8H2. The first-order chi connectivity index (χ1) is 8.74. The first-order valence-corrected chi connectivity index (χ1v) is 6.00. The molecule has 0 atom stereocenters. The van der Waals surface area contributed by atoms with E-state index in [1.165, 1.54) is 25.0 Å². The lowest BCUT2D eigenvalue weighted by Crippen LogP contribution is -2.14. The molecule has 0 amide bonds. The highest BCUT2D eigenvalue weighted by molar-refractivity contribution is 5.58. The second-order valence-corrected chi connectivity index (χ2v) is 4.52. The maximum absolute atomic E-state index is 13.6. The van der Waals surface area contributed by atoms with Crippen LogP contribution in [-0.2, 0) is 6.54 Å². The van der Waals surface area contributed by atoms with Gasteiger partial charge >= 0.3 is 0 Å². The normalized spacial score (nSPS) is 15.0. The van der Waals surface area contributed by atoms with Crippen LogP contribution in [-0.4, -0.2) is 6.04 Å². The van der Waals surface area contributed by atoms with Gasteiger partial charge < -0.3 is 9.73 Å². The number of benzene rings is 1. The summed E-state index contributed by atoms with van der Waals surface area (Å²) in [5.41, 5.74) is 0.160. The molecular weight excluding hydrogens is 236 g/mol. The van der Waals surface area contributed by atoms with Crippen LogP contribution in [0.3, 0.4) is 0 Å². The summed E-state index contributed by atoms with van der Waals surface area (Å²) in [4.78, 5) is 0. The van der Waals surface area contributed by atoms with E-state index in [-0.39, 0.29) is 5.56 Å². The first kappa shape index (κ1) is 11.4. The molecule has 0 unspecified atom stereocenters. The fraction of sp³-hybridized carbons (Fsp3) is 0.286. The minimum absolute atomic E-state index is 0.160. The molecule has 1 heterocycles. The minimum Gasteiger partial charge on any atom is -0.460 e. The van der Waals surface area contributed by atoms with Crippen molar-refractivity contribution in [2.75, 3.05) is 0 Å². The number of halogens is 2. The van der Waals surface area contributed by atoms with Gasteiger partial charge in [0.05, 0.1) is 12.1 Å². The van der Waals surface area contributed by atoms with Crippen molar-refractivity contribution in [3.05, 3.63) is 47.7 Å². The molecule has 0 saturated heterocycles. The van der Waals surface area contributed by atoms with Crippen molar-refractivity contribution in [3.8, 4) is 11.3 Å². The maximum atomic E-state index is 13.6. The third-order valence-electron chi connectivity index (χ3n) is 3.02. The molecule has 0 radical (unpaired) electrons. The predicted molar refractivity (Wildman–Crippen MR) is 63.9 cm³/mol. The Balaban J connectivity index is 1.80. The molecule has 1 N–H and O–H groups in total. The smallest absolute Gasteiger partial charge is 0.169 e. The Labute approximate surface area is 104 Å². The van der Waals surface area contributed by atoms with Crippen LogP contribution in [0.2, 0.25) is 0 Å². The number of furan rings is 1. The fourth-order valence-electron chi connectivity index (χ4n) is 1.84. The predicted octanol–water partition coefficient (Wildman–Crippen LogP) is 3.48. The van der Waals surface area contributed by atoms with E-state index in [9.17, 15) is 8.78 Å². The molecule has 94 valence electrons. The van der Waals surface area contributed by atoms with E-state index < -0.39 is 11.6 Å². The van der Waals surface area contributed by atoms with Crippen molar-refractivity contribution in [1.29, 1.82) is 0 Å². The zero-order valence-electron chi connectivity index (χ0n) is 9.75. The Hall–Kier alpha value is -1.68. The van der Waals surface area contributed by atoms with Gasteiger partial charge in [-0.15, -0.1) is 0 Å². The Morgan fingerprint density at radius 3 is 2.78 bits per heavy atom. The maximum Gasteiger partial charge on any atom is 0.169 e. The Morgan fingerprint density at radius 1 is 1.17 bits per heavy atom. The summed E-state index contributed by atoms with van der Waals surface area (Å²) < 4.78 is 32.2. The fourth-order valence-corrected chi connectivity index (χ4v) is 1.84. The van der Waals surface area contributed by atoms with Gasteiger partial charge in [-0.1, -0.05) is 6.07 Å². The van der Waals surface area contributed by atoms with E-state index in [0.29, 0.717) is 18.3 Å². The molecule has 0 bridgehead atoms. The summed E-state index contributed by atoms with van der Waals surface area (Å²) in [6.07, 6.45) is 2.40. The van der Waals surface area contributed by atoms with Crippen molar-refractivity contribution in [2.45, 2.75) is 25.4 Å². The third-order valence-corrected chi connectivity index (χ3v) is 3.02. The molecule has 4 heteroatoms.